The fraction of sp³-hybridized carbons (Fsp3) is 0.278. The lowest BCUT2D eigenvalue weighted by atomic mass is 9.86. The molecule has 9 heteroatoms. The summed E-state index contributed by atoms with van der Waals surface area (Å²) >= 11 is 0. The molecule has 1 aromatic carbocycles. The minimum absolute atomic E-state index is 0.00550. The monoisotopic (exact) mass is 374 g/mol. The Labute approximate surface area is 152 Å². The molecule has 0 bridgehead atoms. The number of pyridine rings is 1. The summed E-state index contributed by atoms with van der Waals surface area (Å²) in [4.78, 5) is 4.28. The maximum absolute atomic E-state index is 13.5. The average Bonchev–Trinajstić information content (AvgIpc) is 3.16. The molecule has 4 aromatic rings. The number of fused-ring (bicyclic) bond motifs is 2. The molecule has 3 heterocycles. The zero-order valence-corrected chi connectivity index (χ0v) is 14.9. The van der Waals surface area contributed by atoms with Crippen molar-refractivity contribution in [3.8, 4) is 0 Å². The summed E-state index contributed by atoms with van der Waals surface area (Å²) in [5.74, 6) is 0.544. The van der Waals surface area contributed by atoms with E-state index in [1.165, 1.54) is 4.68 Å². The number of anilines is 2. The topological polar surface area (TPSA) is 71.4 Å². The second-order valence-corrected chi connectivity index (χ2v) is 6.92. The van der Waals surface area contributed by atoms with Gasteiger partial charge in [0.15, 0.2) is 5.82 Å². The van der Waals surface area contributed by atoms with Crippen molar-refractivity contribution < 1.29 is 13.2 Å². The molecule has 140 valence electrons. The van der Waals surface area contributed by atoms with Gasteiger partial charge in [-0.15, -0.1) is 0 Å². The van der Waals surface area contributed by atoms with Crippen LogP contribution in [0.25, 0.3) is 21.9 Å². The highest BCUT2D eigenvalue weighted by atomic mass is 19.4. The Morgan fingerprint density at radius 3 is 2.67 bits per heavy atom. The molecule has 0 fully saturated rings. The van der Waals surface area contributed by atoms with Crippen LogP contribution in [-0.2, 0) is 12.5 Å². The highest BCUT2D eigenvalue weighted by Gasteiger charge is 2.51. The van der Waals surface area contributed by atoms with Crippen molar-refractivity contribution >= 4 is 33.4 Å². The quantitative estimate of drug-likeness (QED) is 0.557. The molecule has 0 unspecified atom stereocenters. The third-order valence-electron chi connectivity index (χ3n) is 4.74. The van der Waals surface area contributed by atoms with Gasteiger partial charge in [0.1, 0.15) is 10.9 Å². The first kappa shape index (κ1) is 17.3. The maximum atomic E-state index is 13.5. The Bertz CT molecular complexity index is 1140. The van der Waals surface area contributed by atoms with E-state index in [0.717, 1.165) is 19.4 Å². The van der Waals surface area contributed by atoms with Gasteiger partial charge in [-0.1, -0.05) is 0 Å². The minimum atomic E-state index is -4.40. The van der Waals surface area contributed by atoms with Crippen molar-refractivity contribution in [3.05, 3.63) is 42.2 Å². The van der Waals surface area contributed by atoms with E-state index in [4.69, 9.17) is 0 Å². The highest BCUT2D eigenvalue weighted by Crippen LogP contribution is 2.42. The molecule has 0 saturated heterocycles. The standard InChI is InChI=1S/C18H17F3N6/c1-17(2,18(19,20)21)15-11-7-6-10(9-13(11)27(3)26-15)23-16-14-12(24-25-16)5-4-8-22-14/h4-9H,1-3H3,(H2,23,24,25). The molecule has 0 radical (unpaired) electrons. The van der Waals surface area contributed by atoms with Crippen molar-refractivity contribution in [2.24, 2.45) is 7.05 Å². The molecule has 0 saturated carbocycles. The number of aromatic nitrogens is 5. The molecule has 0 aliphatic rings. The molecule has 0 spiro atoms. The number of benzene rings is 1. The molecule has 2 N–H and O–H groups in total. The number of halogens is 3. The molecule has 27 heavy (non-hydrogen) atoms. The van der Waals surface area contributed by atoms with Crippen LogP contribution < -0.4 is 5.32 Å². The first-order chi connectivity index (χ1) is 12.7. The van der Waals surface area contributed by atoms with Crippen LogP contribution in [0.15, 0.2) is 36.5 Å². The number of aryl methyl sites for hydroxylation is 1. The van der Waals surface area contributed by atoms with Crippen LogP contribution in [0.5, 0.6) is 0 Å². The number of nitrogens with one attached hydrogen (secondary N) is 2. The second-order valence-electron chi connectivity index (χ2n) is 6.92. The van der Waals surface area contributed by atoms with Gasteiger partial charge in [0.25, 0.3) is 0 Å². The van der Waals surface area contributed by atoms with Gasteiger partial charge in [-0.2, -0.15) is 23.4 Å². The van der Waals surface area contributed by atoms with Gasteiger partial charge in [0.2, 0.25) is 0 Å². The number of hydrogen-bond acceptors (Lipinski definition) is 4. The van der Waals surface area contributed by atoms with Crippen LogP contribution >= 0.6 is 0 Å². The van der Waals surface area contributed by atoms with E-state index in [1.807, 2.05) is 6.07 Å². The lowest BCUT2D eigenvalue weighted by molar-refractivity contribution is -0.180. The third kappa shape index (κ3) is 2.70. The van der Waals surface area contributed by atoms with E-state index in [1.54, 1.807) is 37.5 Å². The smallest absolute Gasteiger partial charge is 0.337 e. The van der Waals surface area contributed by atoms with E-state index in [2.05, 4.69) is 25.6 Å². The summed E-state index contributed by atoms with van der Waals surface area (Å²) in [6.45, 7) is 2.28. The van der Waals surface area contributed by atoms with Crippen molar-refractivity contribution in [3.63, 3.8) is 0 Å². The molecule has 6 nitrogen and oxygen atoms in total. The van der Waals surface area contributed by atoms with Gasteiger partial charge in [0, 0.05) is 24.3 Å². The SMILES string of the molecule is Cn1nc(C(C)(C)C(F)(F)F)c2ccc(Nc3n[nH]c4cccnc34)cc21. The number of aromatic amines is 1. The van der Waals surface area contributed by atoms with Crippen molar-refractivity contribution in [1.29, 1.82) is 0 Å². The number of alkyl halides is 3. The number of nitrogens with zero attached hydrogens (tertiary/aromatic N) is 4. The Morgan fingerprint density at radius 2 is 1.93 bits per heavy atom. The largest absolute Gasteiger partial charge is 0.399 e. The molecular formula is C18H17F3N6. The van der Waals surface area contributed by atoms with E-state index in [-0.39, 0.29) is 5.69 Å². The van der Waals surface area contributed by atoms with Crippen molar-refractivity contribution in [2.75, 3.05) is 5.32 Å². The summed E-state index contributed by atoms with van der Waals surface area (Å²) in [5.41, 5.74) is 0.702. The fourth-order valence-electron chi connectivity index (χ4n) is 3.01. The summed E-state index contributed by atoms with van der Waals surface area (Å²) in [6, 6.07) is 8.77. The van der Waals surface area contributed by atoms with E-state index < -0.39 is 11.6 Å². The number of rotatable bonds is 3. The first-order valence-electron chi connectivity index (χ1n) is 8.28. The summed E-state index contributed by atoms with van der Waals surface area (Å²) in [6.07, 6.45) is -2.73. The molecule has 4 rings (SSSR count). The van der Waals surface area contributed by atoms with Gasteiger partial charge in [-0.05, 0) is 44.2 Å². The van der Waals surface area contributed by atoms with E-state index >= 15 is 0 Å². The molecule has 0 aliphatic heterocycles. The van der Waals surface area contributed by atoms with E-state index in [9.17, 15) is 13.2 Å². The van der Waals surface area contributed by atoms with Crippen LogP contribution in [0.1, 0.15) is 19.5 Å². The van der Waals surface area contributed by atoms with Crippen LogP contribution in [0.2, 0.25) is 0 Å². The summed E-state index contributed by atoms with van der Waals surface area (Å²) < 4.78 is 41.8. The zero-order valence-electron chi connectivity index (χ0n) is 14.9. The highest BCUT2D eigenvalue weighted by molar-refractivity contribution is 5.90. The van der Waals surface area contributed by atoms with Gasteiger partial charge in [-0.3, -0.25) is 14.8 Å². The maximum Gasteiger partial charge on any atom is 0.399 e. The lowest BCUT2D eigenvalue weighted by Crippen LogP contribution is -2.37. The van der Waals surface area contributed by atoms with Crippen molar-refractivity contribution in [1.82, 2.24) is 25.0 Å². The zero-order chi connectivity index (χ0) is 19.4. The first-order valence-corrected chi connectivity index (χ1v) is 8.28. The molecule has 0 atom stereocenters. The Morgan fingerprint density at radius 1 is 1.15 bits per heavy atom. The van der Waals surface area contributed by atoms with Crippen molar-refractivity contribution in [2.45, 2.75) is 25.4 Å². The predicted octanol–water partition coefficient (Wildman–Crippen LogP) is 4.43. The average molecular weight is 374 g/mol. The second kappa shape index (κ2) is 5.70. The summed E-state index contributed by atoms with van der Waals surface area (Å²) in [5, 5.41) is 14.9. The Balaban J connectivity index is 1.77. The van der Waals surface area contributed by atoms with Crippen LogP contribution in [-0.4, -0.2) is 31.1 Å². The summed E-state index contributed by atoms with van der Waals surface area (Å²) in [7, 11) is 1.63. The normalized spacial score (nSPS) is 12.8. The fourth-order valence-corrected chi connectivity index (χ4v) is 3.01. The minimum Gasteiger partial charge on any atom is -0.337 e. The van der Waals surface area contributed by atoms with E-state index in [0.29, 0.717) is 27.9 Å². The third-order valence-corrected chi connectivity index (χ3v) is 4.74. The van der Waals surface area contributed by atoms with Gasteiger partial charge < -0.3 is 5.32 Å². The lowest BCUT2D eigenvalue weighted by Gasteiger charge is -2.26. The van der Waals surface area contributed by atoms with Gasteiger partial charge in [0.05, 0.1) is 16.7 Å². The number of hydrogen-bond donors (Lipinski definition) is 2. The molecule has 0 aliphatic carbocycles. The Kier molecular flexibility index (Phi) is 3.66. The van der Waals surface area contributed by atoms with Crippen LogP contribution in [0.4, 0.5) is 24.7 Å². The number of H-pyrrole nitrogens is 1. The Hall–Kier alpha value is -3.10. The predicted molar refractivity (Wildman–Crippen MR) is 97.0 cm³/mol. The van der Waals surface area contributed by atoms with Crippen LogP contribution in [0, 0.1) is 0 Å². The van der Waals surface area contributed by atoms with Gasteiger partial charge >= 0.3 is 6.18 Å². The van der Waals surface area contributed by atoms with Crippen LogP contribution in [0.3, 0.4) is 0 Å². The molecule has 0 amide bonds. The molecule has 3 aromatic heterocycles. The van der Waals surface area contributed by atoms with Gasteiger partial charge in [-0.25, -0.2) is 0 Å². The molecular weight excluding hydrogens is 357 g/mol.